The maximum atomic E-state index is 13.8. The standard InChI is InChI=1S/C17H19F2NO/c1-3-21-17-10-5-4-7-12(17)16(20-2)11-13-14(18)8-6-9-15(13)19/h4-10,16,20H,3,11H2,1-2H3. The van der Waals surface area contributed by atoms with Gasteiger partial charge in [-0.2, -0.15) is 0 Å². The average molecular weight is 291 g/mol. The van der Waals surface area contributed by atoms with Crippen molar-refractivity contribution in [1.82, 2.24) is 5.32 Å². The minimum atomic E-state index is -0.524. The summed E-state index contributed by atoms with van der Waals surface area (Å²) in [7, 11) is 1.77. The molecule has 1 unspecified atom stereocenters. The van der Waals surface area contributed by atoms with Crippen LogP contribution in [0, 0.1) is 11.6 Å². The highest BCUT2D eigenvalue weighted by Gasteiger charge is 2.19. The molecule has 0 bridgehead atoms. The molecule has 0 amide bonds. The second-order valence-electron chi connectivity index (χ2n) is 4.72. The van der Waals surface area contributed by atoms with Crippen molar-refractivity contribution in [2.75, 3.05) is 13.7 Å². The minimum Gasteiger partial charge on any atom is -0.494 e. The highest BCUT2D eigenvalue weighted by Crippen LogP contribution is 2.29. The van der Waals surface area contributed by atoms with Crippen LogP contribution in [0.2, 0.25) is 0 Å². The zero-order chi connectivity index (χ0) is 15.2. The second-order valence-corrected chi connectivity index (χ2v) is 4.72. The van der Waals surface area contributed by atoms with E-state index in [2.05, 4.69) is 5.32 Å². The summed E-state index contributed by atoms with van der Waals surface area (Å²) in [5, 5.41) is 3.11. The van der Waals surface area contributed by atoms with Gasteiger partial charge in [-0.1, -0.05) is 24.3 Å². The fraction of sp³-hybridized carbons (Fsp3) is 0.294. The van der Waals surface area contributed by atoms with Crippen molar-refractivity contribution in [3.05, 3.63) is 65.2 Å². The smallest absolute Gasteiger partial charge is 0.129 e. The highest BCUT2D eigenvalue weighted by atomic mass is 19.1. The van der Waals surface area contributed by atoms with E-state index < -0.39 is 11.6 Å². The first-order valence-corrected chi connectivity index (χ1v) is 6.99. The third-order valence-electron chi connectivity index (χ3n) is 3.41. The molecule has 4 heteroatoms. The molecule has 0 aliphatic heterocycles. The zero-order valence-corrected chi connectivity index (χ0v) is 12.2. The number of rotatable bonds is 6. The van der Waals surface area contributed by atoms with Crippen molar-refractivity contribution in [1.29, 1.82) is 0 Å². The summed E-state index contributed by atoms with van der Waals surface area (Å²) in [6.45, 7) is 2.45. The summed E-state index contributed by atoms with van der Waals surface area (Å²) in [5.41, 5.74) is 0.979. The van der Waals surface area contributed by atoms with E-state index in [0.29, 0.717) is 6.61 Å². The first kappa shape index (κ1) is 15.4. The molecule has 112 valence electrons. The fourth-order valence-electron chi connectivity index (χ4n) is 2.35. The average Bonchev–Trinajstić information content (AvgIpc) is 2.48. The van der Waals surface area contributed by atoms with Gasteiger partial charge in [-0.25, -0.2) is 8.78 Å². The number of nitrogens with one attached hydrogen (secondary N) is 1. The molecule has 0 fully saturated rings. The molecule has 2 aromatic carbocycles. The van der Waals surface area contributed by atoms with Gasteiger partial charge in [0.15, 0.2) is 0 Å². The fourth-order valence-corrected chi connectivity index (χ4v) is 2.35. The second kappa shape index (κ2) is 7.18. The van der Waals surface area contributed by atoms with E-state index in [1.165, 1.54) is 18.2 Å². The molecular formula is C17H19F2NO. The molecule has 2 rings (SSSR count). The summed E-state index contributed by atoms with van der Waals surface area (Å²) in [6.07, 6.45) is 0.221. The van der Waals surface area contributed by atoms with Gasteiger partial charge in [0.25, 0.3) is 0 Å². The highest BCUT2D eigenvalue weighted by molar-refractivity contribution is 5.37. The van der Waals surface area contributed by atoms with Crippen LogP contribution in [-0.2, 0) is 6.42 Å². The van der Waals surface area contributed by atoms with E-state index in [0.717, 1.165) is 11.3 Å². The van der Waals surface area contributed by atoms with Crippen LogP contribution in [0.3, 0.4) is 0 Å². The summed E-state index contributed by atoms with van der Waals surface area (Å²) < 4.78 is 33.2. The SMILES string of the molecule is CCOc1ccccc1C(Cc1c(F)cccc1F)NC. The Hall–Kier alpha value is -1.94. The van der Waals surface area contributed by atoms with Crippen LogP contribution >= 0.6 is 0 Å². The Kier molecular flexibility index (Phi) is 5.28. The number of likely N-dealkylation sites (N-methyl/N-ethyl adjacent to an activating group) is 1. The number of ether oxygens (including phenoxy) is 1. The van der Waals surface area contributed by atoms with Crippen molar-refractivity contribution in [2.24, 2.45) is 0 Å². The number of hydrogen-bond donors (Lipinski definition) is 1. The van der Waals surface area contributed by atoms with Crippen LogP contribution in [0.25, 0.3) is 0 Å². The molecule has 0 aliphatic carbocycles. The van der Waals surface area contributed by atoms with Crippen LogP contribution < -0.4 is 10.1 Å². The van der Waals surface area contributed by atoms with Crippen LogP contribution in [0.1, 0.15) is 24.1 Å². The molecular weight excluding hydrogens is 272 g/mol. The van der Waals surface area contributed by atoms with Crippen molar-refractivity contribution in [3.63, 3.8) is 0 Å². The Bertz CT molecular complexity index is 581. The summed E-state index contributed by atoms with van der Waals surface area (Å²) in [5.74, 6) is -0.315. The molecule has 1 N–H and O–H groups in total. The Morgan fingerprint density at radius 2 is 1.71 bits per heavy atom. The normalized spacial score (nSPS) is 12.2. The van der Waals surface area contributed by atoms with Gasteiger partial charge in [-0.3, -0.25) is 0 Å². The molecule has 0 saturated heterocycles. The lowest BCUT2D eigenvalue weighted by Crippen LogP contribution is -2.21. The number of halogens is 2. The number of benzene rings is 2. The molecule has 21 heavy (non-hydrogen) atoms. The van der Waals surface area contributed by atoms with E-state index >= 15 is 0 Å². The van der Waals surface area contributed by atoms with Gasteiger partial charge in [0, 0.05) is 17.2 Å². The van der Waals surface area contributed by atoms with E-state index in [1.807, 2.05) is 31.2 Å². The summed E-state index contributed by atoms with van der Waals surface area (Å²) in [6, 6.07) is 11.2. The molecule has 2 aromatic rings. The predicted octanol–water partition coefficient (Wildman–Crippen LogP) is 3.87. The van der Waals surface area contributed by atoms with E-state index in [1.54, 1.807) is 7.05 Å². The molecule has 0 spiro atoms. The summed E-state index contributed by atoms with van der Waals surface area (Å²) in [4.78, 5) is 0. The third kappa shape index (κ3) is 3.58. The summed E-state index contributed by atoms with van der Waals surface area (Å²) >= 11 is 0. The lowest BCUT2D eigenvalue weighted by Gasteiger charge is -2.20. The van der Waals surface area contributed by atoms with Gasteiger partial charge in [-0.05, 0) is 38.6 Å². The van der Waals surface area contributed by atoms with Crippen LogP contribution in [-0.4, -0.2) is 13.7 Å². The van der Waals surface area contributed by atoms with Gasteiger partial charge in [-0.15, -0.1) is 0 Å². The Morgan fingerprint density at radius 3 is 2.33 bits per heavy atom. The quantitative estimate of drug-likeness (QED) is 0.872. The molecule has 0 saturated carbocycles. The van der Waals surface area contributed by atoms with Gasteiger partial charge in [0.05, 0.1) is 6.61 Å². The first-order chi connectivity index (χ1) is 10.2. The third-order valence-corrected chi connectivity index (χ3v) is 3.41. The zero-order valence-electron chi connectivity index (χ0n) is 12.2. The van der Waals surface area contributed by atoms with Gasteiger partial charge in [0.2, 0.25) is 0 Å². The van der Waals surface area contributed by atoms with Gasteiger partial charge < -0.3 is 10.1 Å². The van der Waals surface area contributed by atoms with Gasteiger partial charge in [0.1, 0.15) is 17.4 Å². The van der Waals surface area contributed by atoms with Crippen LogP contribution in [0.15, 0.2) is 42.5 Å². The first-order valence-electron chi connectivity index (χ1n) is 6.99. The van der Waals surface area contributed by atoms with Gasteiger partial charge >= 0.3 is 0 Å². The van der Waals surface area contributed by atoms with Crippen molar-refractivity contribution >= 4 is 0 Å². The van der Waals surface area contributed by atoms with Crippen molar-refractivity contribution in [2.45, 2.75) is 19.4 Å². The number of hydrogen-bond acceptors (Lipinski definition) is 2. The largest absolute Gasteiger partial charge is 0.494 e. The molecule has 0 aliphatic rings. The van der Waals surface area contributed by atoms with E-state index in [9.17, 15) is 8.78 Å². The Balaban J connectivity index is 2.32. The Labute approximate surface area is 123 Å². The predicted molar refractivity (Wildman–Crippen MR) is 79.5 cm³/mol. The van der Waals surface area contributed by atoms with Crippen molar-refractivity contribution in [3.8, 4) is 5.75 Å². The maximum Gasteiger partial charge on any atom is 0.129 e. The molecule has 0 heterocycles. The van der Waals surface area contributed by atoms with Crippen LogP contribution in [0.5, 0.6) is 5.75 Å². The molecule has 0 radical (unpaired) electrons. The lowest BCUT2D eigenvalue weighted by atomic mass is 9.97. The monoisotopic (exact) mass is 291 g/mol. The maximum absolute atomic E-state index is 13.8. The van der Waals surface area contributed by atoms with Crippen molar-refractivity contribution < 1.29 is 13.5 Å². The molecule has 1 atom stereocenters. The molecule has 0 aromatic heterocycles. The van der Waals surface area contributed by atoms with E-state index in [-0.39, 0.29) is 18.0 Å². The number of para-hydroxylation sites is 1. The van der Waals surface area contributed by atoms with E-state index in [4.69, 9.17) is 4.74 Å². The lowest BCUT2D eigenvalue weighted by molar-refractivity contribution is 0.331. The molecule has 2 nitrogen and oxygen atoms in total. The Morgan fingerprint density at radius 1 is 1.05 bits per heavy atom. The topological polar surface area (TPSA) is 21.3 Å². The van der Waals surface area contributed by atoms with Crippen LogP contribution in [0.4, 0.5) is 8.78 Å². The minimum absolute atomic E-state index is 0.0863.